The molecule has 0 bridgehead atoms. The fourth-order valence-electron chi connectivity index (χ4n) is 2.01. The highest BCUT2D eigenvalue weighted by molar-refractivity contribution is 5.78. The van der Waals surface area contributed by atoms with E-state index in [1.54, 1.807) is 0 Å². The fourth-order valence-corrected chi connectivity index (χ4v) is 2.01. The minimum atomic E-state index is 0.273. The van der Waals surface area contributed by atoms with Crippen LogP contribution in [0.1, 0.15) is 20.3 Å². The molecule has 1 fully saturated rings. The normalized spacial score (nSPS) is 21.1. The van der Waals surface area contributed by atoms with E-state index in [4.69, 9.17) is 0 Å². The third-order valence-corrected chi connectivity index (χ3v) is 3.40. The van der Waals surface area contributed by atoms with Gasteiger partial charge >= 0.3 is 0 Å². The van der Waals surface area contributed by atoms with Crippen LogP contribution in [-0.2, 0) is 4.79 Å². The summed E-state index contributed by atoms with van der Waals surface area (Å²) in [5, 5.41) is 3.18. The van der Waals surface area contributed by atoms with Crippen molar-refractivity contribution in [3.63, 3.8) is 0 Å². The van der Waals surface area contributed by atoms with Crippen LogP contribution in [0.2, 0.25) is 0 Å². The van der Waals surface area contributed by atoms with Crippen molar-refractivity contribution >= 4 is 5.91 Å². The number of nitrogens with one attached hydrogen (secondary N) is 1. The highest BCUT2D eigenvalue weighted by atomic mass is 16.2. The molecular formula is C12H25N3O. The van der Waals surface area contributed by atoms with E-state index in [0.717, 1.165) is 26.1 Å². The average molecular weight is 227 g/mol. The first-order valence-corrected chi connectivity index (χ1v) is 6.17. The smallest absolute Gasteiger partial charge is 0.236 e. The monoisotopic (exact) mass is 227 g/mol. The molecule has 1 aliphatic heterocycles. The predicted octanol–water partition coefficient (Wildman–Crippen LogP) is 0.395. The summed E-state index contributed by atoms with van der Waals surface area (Å²) in [5.41, 5.74) is 0. The molecule has 0 spiro atoms. The van der Waals surface area contributed by atoms with Gasteiger partial charge in [0.2, 0.25) is 5.91 Å². The van der Waals surface area contributed by atoms with E-state index < -0.39 is 0 Å². The third kappa shape index (κ3) is 3.76. The second kappa shape index (κ2) is 6.21. The molecule has 1 unspecified atom stereocenters. The van der Waals surface area contributed by atoms with Crippen molar-refractivity contribution in [2.24, 2.45) is 5.92 Å². The first-order valence-electron chi connectivity index (χ1n) is 6.17. The second-order valence-corrected chi connectivity index (χ2v) is 5.06. The van der Waals surface area contributed by atoms with Gasteiger partial charge in [0.25, 0.3) is 0 Å². The van der Waals surface area contributed by atoms with Gasteiger partial charge in [-0.3, -0.25) is 9.69 Å². The van der Waals surface area contributed by atoms with Crippen molar-refractivity contribution in [3.8, 4) is 0 Å². The Bertz CT molecular complexity index is 230. The van der Waals surface area contributed by atoms with E-state index in [0.29, 0.717) is 18.5 Å². The SMILES string of the molecule is CNCC1CCN(C(=O)CN(C)C(C)C)C1. The summed E-state index contributed by atoms with van der Waals surface area (Å²) in [6, 6.07) is 0.430. The van der Waals surface area contributed by atoms with Gasteiger partial charge in [0.15, 0.2) is 0 Å². The van der Waals surface area contributed by atoms with Gasteiger partial charge in [0.05, 0.1) is 6.54 Å². The zero-order chi connectivity index (χ0) is 12.1. The molecule has 1 atom stereocenters. The van der Waals surface area contributed by atoms with Crippen molar-refractivity contribution in [3.05, 3.63) is 0 Å². The Morgan fingerprint density at radius 3 is 2.81 bits per heavy atom. The minimum absolute atomic E-state index is 0.273. The molecular weight excluding hydrogens is 202 g/mol. The zero-order valence-electron chi connectivity index (χ0n) is 11.0. The molecule has 4 nitrogen and oxygen atoms in total. The van der Waals surface area contributed by atoms with E-state index in [2.05, 4.69) is 24.1 Å². The Morgan fingerprint density at radius 2 is 2.25 bits per heavy atom. The van der Waals surface area contributed by atoms with Gasteiger partial charge in [-0.05, 0) is 46.8 Å². The Kier molecular flexibility index (Phi) is 5.22. The summed E-state index contributed by atoms with van der Waals surface area (Å²) >= 11 is 0. The van der Waals surface area contributed by atoms with Crippen LogP contribution in [0, 0.1) is 5.92 Å². The Hall–Kier alpha value is -0.610. The standard InChI is InChI=1S/C12H25N3O/c1-10(2)14(4)9-12(16)15-6-5-11(8-15)7-13-3/h10-11,13H,5-9H2,1-4H3. The summed E-state index contributed by atoms with van der Waals surface area (Å²) in [7, 11) is 3.97. The Morgan fingerprint density at radius 1 is 1.56 bits per heavy atom. The van der Waals surface area contributed by atoms with Crippen LogP contribution < -0.4 is 5.32 Å². The van der Waals surface area contributed by atoms with Crippen molar-refractivity contribution < 1.29 is 4.79 Å². The van der Waals surface area contributed by atoms with Crippen molar-refractivity contribution in [2.75, 3.05) is 40.3 Å². The minimum Gasteiger partial charge on any atom is -0.341 e. The van der Waals surface area contributed by atoms with E-state index in [9.17, 15) is 4.79 Å². The predicted molar refractivity (Wildman–Crippen MR) is 66.4 cm³/mol. The van der Waals surface area contributed by atoms with E-state index in [-0.39, 0.29) is 5.91 Å². The number of amides is 1. The van der Waals surface area contributed by atoms with Crippen molar-refractivity contribution in [1.82, 2.24) is 15.1 Å². The van der Waals surface area contributed by atoms with Gasteiger partial charge in [-0.1, -0.05) is 0 Å². The number of carbonyl (C=O) groups is 1. The van der Waals surface area contributed by atoms with Gasteiger partial charge in [0, 0.05) is 19.1 Å². The first-order chi connectivity index (χ1) is 7.54. The Labute approximate surface area is 99.0 Å². The molecule has 0 aliphatic carbocycles. The number of nitrogens with zero attached hydrogens (tertiary/aromatic N) is 2. The highest BCUT2D eigenvalue weighted by Crippen LogP contribution is 2.15. The number of likely N-dealkylation sites (tertiary alicyclic amines) is 1. The zero-order valence-corrected chi connectivity index (χ0v) is 11.0. The maximum Gasteiger partial charge on any atom is 0.236 e. The number of carbonyl (C=O) groups excluding carboxylic acids is 1. The van der Waals surface area contributed by atoms with Gasteiger partial charge in [-0.25, -0.2) is 0 Å². The second-order valence-electron chi connectivity index (χ2n) is 5.06. The van der Waals surface area contributed by atoms with Gasteiger partial charge in [0.1, 0.15) is 0 Å². The van der Waals surface area contributed by atoms with Crippen LogP contribution in [0.15, 0.2) is 0 Å². The summed E-state index contributed by atoms with van der Waals surface area (Å²) < 4.78 is 0. The number of hydrogen-bond acceptors (Lipinski definition) is 3. The number of hydrogen-bond donors (Lipinski definition) is 1. The lowest BCUT2D eigenvalue weighted by Gasteiger charge is -2.24. The van der Waals surface area contributed by atoms with Crippen LogP contribution in [-0.4, -0.2) is 62.0 Å². The summed E-state index contributed by atoms with van der Waals surface area (Å²) in [6.45, 7) is 7.64. The van der Waals surface area contributed by atoms with Crippen LogP contribution in [0.3, 0.4) is 0 Å². The van der Waals surface area contributed by atoms with Crippen LogP contribution in [0.5, 0.6) is 0 Å². The lowest BCUT2D eigenvalue weighted by molar-refractivity contribution is -0.131. The fraction of sp³-hybridized carbons (Fsp3) is 0.917. The maximum atomic E-state index is 12.0. The molecule has 0 aromatic rings. The number of rotatable bonds is 5. The molecule has 1 heterocycles. The molecule has 1 saturated heterocycles. The van der Waals surface area contributed by atoms with Gasteiger partial charge in [-0.15, -0.1) is 0 Å². The molecule has 0 aromatic carbocycles. The Balaban J connectivity index is 2.33. The van der Waals surface area contributed by atoms with E-state index in [1.165, 1.54) is 0 Å². The lowest BCUT2D eigenvalue weighted by Crippen LogP contribution is -2.40. The highest BCUT2D eigenvalue weighted by Gasteiger charge is 2.26. The largest absolute Gasteiger partial charge is 0.341 e. The van der Waals surface area contributed by atoms with Crippen LogP contribution >= 0.6 is 0 Å². The van der Waals surface area contributed by atoms with Crippen LogP contribution in [0.4, 0.5) is 0 Å². The first kappa shape index (κ1) is 13.5. The summed E-state index contributed by atoms with van der Waals surface area (Å²) in [5.74, 6) is 0.910. The molecule has 16 heavy (non-hydrogen) atoms. The average Bonchev–Trinajstić information content (AvgIpc) is 2.66. The quantitative estimate of drug-likeness (QED) is 0.738. The molecule has 0 aromatic heterocycles. The molecule has 0 saturated carbocycles. The molecule has 94 valence electrons. The molecule has 1 aliphatic rings. The van der Waals surface area contributed by atoms with E-state index >= 15 is 0 Å². The molecule has 0 radical (unpaired) electrons. The topological polar surface area (TPSA) is 35.6 Å². The van der Waals surface area contributed by atoms with Gasteiger partial charge < -0.3 is 10.2 Å². The summed E-state index contributed by atoms with van der Waals surface area (Å²) in [6.07, 6.45) is 1.14. The molecule has 1 amide bonds. The third-order valence-electron chi connectivity index (χ3n) is 3.40. The van der Waals surface area contributed by atoms with Crippen LogP contribution in [0.25, 0.3) is 0 Å². The lowest BCUT2D eigenvalue weighted by atomic mass is 10.1. The van der Waals surface area contributed by atoms with Gasteiger partial charge in [-0.2, -0.15) is 0 Å². The summed E-state index contributed by atoms with van der Waals surface area (Å²) in [4.78, 5) is 16.1. The van der Waals surface area contributed by atoms with Crippen molar-refractivity contribution in [2.45, 2.75) is 26.3 Å². The van der Waals surface area contributed by atoms with Crippen molar-refractivity contribution in [1.29, 1.82) is 0 Å². The molecule has 4 heteroatoms. The maximum absolute atomic E-state index is 12.0. The molecule has 1 rings (SSSR count). The number of likely N-dealkylation sites (N-methyl/N-ethyl adjacent to an activating group) is 1. The van der Waals surface area contributed by atoms with E-state index in [1.807, 2.05) is 19.0 Å². The molecule has 1 N–H and O–H groups in total.